The van der Waals surface area contributed by atoms with Crippen molar-refractivity contribution in [2.75, 3.05) is 33.2 Å². The van der Waals surface area contributed by atoms with E-state index in [0.29, 0.717) is 28.6 Å². The van der Waals surface area contributed by atoms with Crippen LogP contribution in [0.3, 0.4) is 0 Å². The lowest BCUT2D eigenvalue weighted by Gasteiger charge is -2.32. The Bertz CT molecular complexity index is 834. The van der Waals surface area contributed by atoms with Gasteiger partial charge in [-0.3, -0.25) is 4.90 Å². The van der Waals surface area contributed by atoms with Gasteiger partial charge in [0.25, 0.3) is 0 Å². The van der Waals surface area contributed by atoms with E-state index in [-0.39, 0.29) is 10.8 Å². The number of likely N-dealkylation sites (N-methyl/N-ethyl adjacent to an activating group) is 1. The molecule has 0 aliphatic carbocycles. The first-order valence-electron chi connectivity index (χ1n) is 8.55. The molecule has 2 aromatic carbocycles. The van der Waals surface area contributed by atoms with Crippen LogP contribution in [-0.2, 0) is 6.54 Å². The molecule has 134 valence electrons. The summed E-state index contributed by atoms with van der Waals surface area (Å²) in [5.41, 5.74) is 1.96. The topological polar surface area (TPSA) is 50.5 Å². The summed E-state index contributed by atoms with van der Waals surface area (Å²) >= 11 is 6.02. The maximum absolute atomic E-state index is 14.5. The first-order valence-corrected chi connectivity index (χ1v) is 8.92. The molecule has 0 unspecified atom stereocenters. The summed E-state index contributed by atoms with van der Waals surface area (Å²) in [6.07, 6.45) is 0. The molecule has 0 aromatic heterocycles. The zero-order valence-electron chi connectivity index (χ0n) is 14.6. The van der Waals surface area contributed by atoms with Crippen molar-refractivity contribution in [1.29, 1.82) is 5.26 Å². The summed E-state index contributed by atoms with van der Waals surface area (Å²) in [4.78, 5) is 4.49. The van der Waals surface area contributed by atoms with Crippen molar-refractivity contribution in [2.24, 2.45) is 0 Å². The summed E-state index contributed by atoms with van der Waals surface area (Å²) in [6, 6.07) is 11.6. The van der Waals surface area contributed by atoms with Crippen LogP contribution < -0.4 is 10.9 Å². The highest BCUT2D eigenvalue weighted by Gasteiger charge is 2.21. The molecule has 1 N–H and O–H groups in total. The van der Waals surface area contributed by atoms with Crippen LogP contribution in [0.5, 0.6) is 0 Å². The van der Waals surface area contributed by atoms with Crippen LogP contribution in [0.2, 0.25) is 5.02 Å². The average molecular weight is 372 g/mol. The van der Waals surface area contributed by atoms with Crippen LogP contribution in [0.25, 0.3) is 0 Å². The first-order chi connectivity index (χ1) is 12.5. The van der Waals surface area contributed by atoms with E-state index in [9.17, 15) is 9.41 Å². The highest BCUT2D eigenvalue weighted by atomic mass is 35.5. The third-order valence-corrected chi connectivity index (χ3v) is 5.12. The van der Waals surface area contributed by atoms with Gasteiger partial charge in [0.1, 0.15) is 11.9 Å². The number of benzene rings is 2. The lowest BCUT2D eigenvalue weighted by Crippen LogP contribution is -2.44. The smallest absolute Gasteiger partial charge is 0.359 e. The predicted octanol–water partition coefficient (Wildman–Crippen LogP) is 1.20. The molecule has 0 saturated carbocycles. The Kier molecular flexibility index (Phi) is 5.95. The Morgan fingerprint density at radius 2 is 1.81 bits per heavy atom. The van der Waals surface area contributed by atoms with E-state index < -0.39 is 6.92 Å². The minimum absolute atomic E-state index is 0.274. The predicted molar refractivity (Wildman–Crippen MR) is 103 cm³/mol. The van der Waals surface area contributed by atoms with E-state index in [1.165, 1.54) is 6.07 Å². The number of hydrogen-bond donors (Lipinski definition) is 1. The monoisotopic (exact) mass is 371 g/mol. The van der Waals surface area contributed by atoms with Crippen molar-refractivity contribution in [3.05, 3.63) is 58.4 Å². The molecule has 1 saturated heterocycles. The molecule has 0 radical (unpaired) electrons. The zero-order chi connectivity index (χ0) is 18.7. The van der Waals surface area contributed by atoms with Gasteiger partial charge in [0.15, 0.2) is 0 Å². The van der Waals surface area contributed by atoms with Crippen LogP contribution in [0.1, 0.15) is 11.1 Å². The molecule has 1 aliphatic rings. The quantitative estimate of drug-likeness (QED) is 0.821. The maximum Gasteiger partial charge on any atom is 0.359 e. The fourth-order valence-corrected chi connectivity index (χ4v) is 3.32. The molecular formula is C19H20BClFN3O. The van der Waals surface area contributed by atoms with Crippen LogP contribution in [0.4, 0.5) is 4.39 Å². The van der Waals surface area contributed by atoms with Gasteiger partial charge < -0.3 is 9.92 Å². The maximum atomic E-state index is 14.5. The Hall–Kier alpha value is -1.91. The molecule has 0 atom stereocenters. The Labute approximate surface area is 158 Å². The Morgan fingerprint density at radius 1 is 1.15 bits per heavy atom. The standard InChI is InChI=1S/C19H20BClFN3O/c1-24-6-8-25(9-7-24)13-15-3-5-17(11-19(15)22)20(26)16-4-2-14(12-23)18(21)10-16/h2-5,10-11,26H,6-9,13H2,1H3. The molecule has 1 aliphatic heterocycles. The number of hydrogen-bond acceptors (Lipinski definition) is 4. The summed E-state index contributed by atoms with van der Waals surface area (Å²) in [5, 5.41) is 19.7. The van der Waals surface area contributed by atoms with Crippen molar-refractivity contribution in [2.45, 2.75) is 6.54 Å². The second kappa shape index (κ2) is 8.19. The van der Waals surface area contributed by atoms with Gasteiger partial charge in [-0.15, -0.1) is 0 Å². The summed E-state index contributed by atoms with van der Waals surface area (Å²) in [5.74, 6) is -0.319. The second-order valence-electron chi connectivity index (χ2n) is 6.68. The lowest BCUT2D eigenvalue weighted by atomic mass is 9.56. The SMILES string of the molecule is CN1CCN(Cc2ccc(B(O)c3ccc(C#N)c(Cl)c3)cc2F)CC1. The van der Waals surface area contributed by atoms with Crippen LogP contribution in [0.15, 0.2) is 36.4 Å². The van der Waals surface area contributed by atoms with E-state index in [4.69, 9.17) is 16.9 Å². The largest absolute Gasteiger partial charge is 0.443 e. The van der Waals surface area contributed by atoms with Crippen molar-refractivity contribution in [3.63, 3.8) is 0 Å². The number of piperazine rings is 1. The summed E-state index contributed by atoms with van der Waals surface area (Å²) in [6.45, 7) is 3.38. The molecule has 7 heteroatoms. The van der Waals surface area contributed by atoms with Gasteiger partial charge in [0.2, 0.25) is 0 Å². The van der Waals surface area contributed by atoms with Gasteiger partial charge in [0, 0.05) is 38.3 Å². The molecule has 1 heterocycles. The minimum atomic E-state index is -0.993. The van der Waals surface area contributed by atoms with Crippen LogP contribution in [0, 0.1) is 17.1 Å². The van der Waals surface area contributed by atoms with E-state index in [2.05, 4.69) is 16.8 Å². The fourth-order valence-electron chi connectivity index (χ4n) is 3.09. The van der Waals surface area contributed by atoms with Gasteiger partial charge in [-0.1, -0.05) is 29.8 Å². The highest BCUT2D eigenvalue weighted by Crippen LogP contribution is 2.14. The second-order valence-corrected chi connectivity index (χ2v) is 7.09. The summed E-state index contributed by atoms with van der Waals surface area (Å²) < 4.78 is 14.5. The number of nitriles is 1. The number of nitrogens with zero attached hydrogens (tertiary/aromatic N) is 3. The molecule has 0 spiro atoms. The third-order valence-electron chi connectivity index (χ3n) is 4.81. The molecule has 26 heavy (non-hydrogen) atoms. The van der Waals surface area contributed by atoms with Crippen molar-refractivity contribution in [1.82, 2.24) is 9.80 Å². The molecule has 2 aromatic rings. The zero-order valence-corrected chi connectivity index (χ0v) is 15.4. The summed E-state index contributed by atoms with van der Waals surface area (Å²) in [7, 11) is 2.09. The number of halogens is 2. The molecule has 0 amide bonds. The van der Waals surface area contributed by atoms with Gasteiger partial charge in [-0.05, 0) is 36.2 Å². The van der Waals surface area contributed by atoms with Gasteiger partial charge >= 0.3 is 6.92 Å². The van der Waals surface area contributed by atoms with Crippen molar-refractivity contribution < 1.29 is 9.41 Å². The molecule has 4 nitrogen and oxygen atoms in total. The van der Waals surface area contributed by atoms with Crippen LogP contribution >= 0.6 is 11.6 Å². The molecule has 1 fully saturated rings. The van der Waals surface area contributed by atoms with E-state index >= 15 is 0 Å². The lowest BCUT2D eigenvalue weighted by molar-refractivity contribution is 0.147. The first kappa shape index (κ1) is 18.9. The average Bonchev–Trinajstić information content (AvgIpc) is 2.64. The molecular weight excluding hydrogens is 351 g/mol. The van der Waals surface area contributed by atoms with Gasteiger partial charge in [-0.25, -0.2) is 4.39 Å². The van der Waals surface area contributed by atoms with E-state index in [1.807, 2.05) is 6.07 Å². The number of rotatable bonds is 4. The van der Waals surface area contributed by atoms with Gasteiger partial charge in [0.05, 0.1) is 10.6 Å². The highest BCUT2D eigenvalue weighted by molar-refractivity contribution is 6.79. The molecule has 3 rings (SSSR count). The Morgan fingerprint density at radius 3 is 2.42 bits per heavy atom. The fraction of sp³-hybridized carbons (Fsp3) is 0.316. The van der Waals surface area contributed by atoms with Crippen molar-refractivity contribution >= 4 is 29.4 Å². The van der Waals surface area contributed by atoms with Crippen LogP contribution in [-0.4, -0.2) is 55.0 Å². The van der Waals surface area contributed by atoms with E-state index in [1.54, 1.807) is 30.3 Å². The Balaban J connectivity index is 1.74. The van der Waals surface area contributed by atoms with Crippen molar-refractivity contribution in [3.8, 4) is 6.07 Å². The van der Waals surface area contributed by atoms with E-state index in [0.717, 1.165) is 26.2 Å². The third kappa shape index (κ3) is 4.25. The molecule has 0 bridgehead atoms. The normalized spacial score (nSPS) is 15.7. The minimum Gasteiger partial charge on any atom is -0.443 e. The van der Waals surface area contributed by atoms with Gasteiger partial charge in [-0.2, -0.15) is 5.26 Å².